The number of thiophene rings is 1. The zero-order valence-electron chi connectivity index (χ0n) is 7.56. The van der Waals surface area contributed by atoms with Crippen molar-refractivity contribution in [1.82, 2.24) is 0 Å². The summed E-state index contributed by atoms with van der Waals surface area (Å²) in [5.41, 5.74) is 6.69. The third-order valence-electron chi connectivity index (χ3n) is 1.89. The van der Waals surface area contributed by atoms with Crippen molar-refractivity contribution in [3.05, 3.63) is 27.1 Å². The maximum atomic E-state index is 10.4. The number of hydrogen-bond donors (Lipinski definition) is 1. The molecular formula is C8H12N2O2S. The van der Waals surface area contributed by atoms with Crippen LogP contribution in [0.5, 0.6) is 0 Å². The van der Waals surface area contributed by atoms with Crippen LogP contribution in [-0.2, 0) is 0 Å². The molecule has 0 bridgehead atoms. The quantitative estimate of drug-likeness (QED) is 0.601. The summed E-state index contributed by atoms with van der Waals surface area (Å²) in [7, 11) is 0. The fourth-order valence-corrected chi connectivity index (χ4v) is 1.77. The Hall–Kier alpha value is -0.940. The monoisotopic (exact) mass is 200 g/mol. The SMILES string of the molecule is CC(C)[C@@H](N)c1csc([N+](=O)[O-])c1. The van der Waals surface area contributed by atoms with E-state index in [1.165, 1.54) is 0 Å². The van der Waals surface area contributed by atoms with Gasteiger partial charge in [-0.15, -0.1) is 0 Å². The Morgan fingerprint density at radius 1 is 1.62 bits per heavy atom. The summed E-state index contributed by atoms with van der Waals surface area (Å²) in [4.78, 5) is 9.99. The third kappa shape index (κ3) is 2.26. The van der Waals surface area contributed by atoms with Crippen molar-refractivity contribution in [1.29, 1.82) is 0 Å². The third-order valence-corrected chi connectivity index (χ3v) is 2.79. The Bertz CT molecular complexity index is 309. The summed E-state index contributed by atoms with van der Waals surface area (Å²) in [5, 5.41) is 12.3. The maximum absolute atomic E-state index is 10.4. The maximum Gasteiger partial charge on any atom is 0.324 e. The van der Waals surface area contributed by atoms with Gasteiger partial charge in [0, 0.05) is 17.5 Å². The van der Waals surface area contributed by atoms with Gasteiger partial charge in [-0.25, -0.2) is 0 Å². The first-order valence-electron chi connectivity index (χ1n) is 4.00. The number of rotatable bonds is 3. The van der Waals surface area contributed by atoms with Crippen LogP contribution in [0.1, 0.15) is 25.5 Å². The van der Waals surface area contributed by atoms with Gasteiger partial charge in [-0.2, -0.15) is 0 Å². The Kier molecular flexibility index (Phi) is 3.00. The number of nitrogens with two attached hydrogens (primary N) is 1. The molecule has 0 saturated heterocycles. The lowest BCUT2D eigenvalue weighted by atomic mass is 10.00. The Labute approximate surface area is 80.5 Å². The van der Waals surface area contributed by atoms with Crippen molar-refractivity contribution < 1.29 is 4.92 Å². The molecule has 0 fully saturated rings. The number of hydrogen-bond acceptors (Lipinski definition) is 4. The van der Waals surface area contributed by atoms with Gasteiger partial charge in [-0.05, 0) is 11.5 Å². The van der Waals surface area contributed by atoms with Crippen LogP contribution in [0, 0.1) is 16.0 Å². The van der Waals surface area contributed by atoms with Crippen LogP contribution in [0.15, 0.2) is 11.4 Å². The molecule has 0 amide bonds. The normalized spacial score (nSPS) is 13.2. The molecule has 0 saturated carbocycles. The molecule has 0 spiro atoms. The van der Waals surface area contributed by atoms with E-state index in [0.717, 1.165) is 16.9 Å². The second kappa shape index (κ2) is 3.85. The molecule has 0 unspecified atom stereocenters. The topological polar surface area (TPSA) is 69.2 Å². The Balaban J connectivity index is 2.85. The molecule has 2 N–H and O–H groups in total. The van der Waals surface area contributed by atoms with E-state index in [1.54, 1.807) is 11.4 Å². The molecule has 1 atom stereocenters. The van der Waals surface area contributed by atoms with Crippen LogP contribution < -0.4 is 5.73 Å². The van der Waals surface area contributed by atoms with E-state index in [9.17, 15) is 10.1 Å². The average molecular weight is 200 g/mol. The van der Waals surface area contributed by atoms with Crippen molar-refractivity contribution in [3.63, 3.8) is 0 Å². The molecule has 1 aromatic heterocycles. The summed E-state index contributed by atoms with van der Waals surface area (Å²) in [6, 6.07) is 1.44. The Morgan fingerprint density at radius 3 is 2.62 bits per heavy atom. The Morgan fingerprint density at radius 2 is 2.23 bits per heavy atom. The van der Waals surface area contributed by atoms with Crippen LogP contribution in [0.3, 0.4) is 0 Å². The summed E-state index contributed by atoms with van der Waals surface area (Å²) in [6.45, 7) is 3.99. The van der Waals surface area contributed by atoms with Crippen LogP contribution >= 0.6 is 11.3 Å². The molecule has 0 radical (unpaired) electrons. The van der Waals surface area contributed by atoms with Crippen molar-refractivity contribution in [3.8, 4) is 0 Å². The number of nitrogens with zero attached hydrogens (tertiary/aromatic N) is 1. The molecule has 72 valence electrons. The van der Waals surface area contributed by atoms with Gasteiger partial charge in [-0.3, -0.25) is 10.1 Å². The second-order valence-corrected chi connectivity index (χ2v) is 4.13. The second-order valence-electron chi connectivity index (χ2n) is 3.25. The minimum absolute atomic E-state index is 0.107. The molecule has 0 aliphatic heterocycles. The average Bonchev–Trinajstić information content (AvgIpc) is 2.50. The first kappa shape index (κ1) is 10.1. The van der Waals surface area contributed by atoms with Gasteiger partial charge in [-0.1, -0.05) is 25.2 Å². The fourth-order valence-electron chi connectivity index (χ4n) is 0.994. The van der Waals surface area contributed by atoms with Gasteiger partial charge in [0.25, 0.3) is 0 Å². The lowest BCUT2D eigenvalue weighted by Gasteiger charge is -2.12. The molecule has 1 rings (SSSR count). The van der Waals surface area contributed by atoms with E-state index in [-0.39, 0.29) is 16.0 Å². The zero-order chi connectivity index (χ0) is 10.0. The number of nitro groups is 1. The molecule has 5 heteroatoms. The van der Waals surface area contributed by atoms with Gasteiger partial charge in [0.15, 0.2) is 0 Å². The van der Waals surface area contributed by atoms with Gasteiger partial charge < -0.3 is 5.73 Å². The van der Waals surface area contributed by atoms with E-state index < -0.39 is 0 Å². The summed E-state index contributed by atoms with van der Waals surface area (Å²) < 4.78 is 0. The minimum Gasteiger partial charge on any atom is -0.324 e. The smallest absolute Gasteiger partial charge is 0.324 e. The van der Waals surface area contributed by atoms with Crippen LogP contribution in [0.4, 0.5) is 5.00 Å². The highest BCUT2D eigenvalue weighted by Gasteiger charge is 2.16. The van der Waals surface area contributed by atoms with Crippen molar-refractivity contribution in [2.45, 2.75) is 19.9 Å². The van der Waals surface area contributed by atoms with Crippen molar-refractivity contribution in [2.75, 3.05) is 0 Å². The minimum atomic E-state index is -0.388. The summed E-state index contributed by atoms with van der Waals surface area (Å²) >= 11 is 1.12. The van der Waals surface area contributed by atoms with Crippen molar-refractivity contribution >= 4 is 16.3 Å². The summed E-state index contributed by atoms with van der Waals surface area (Å²) in [5.74, 6) is 0.300. The molecule has 1 aromatic rings. The highest BCUT2D eigenvalue weighted by atomic mass is 32.1. The molecular weight excluding hydrogens is 188 g/mol. The molecule has 1 heterocycles. The van der Waals surface area contributed by atoms with E-state index in [0.29, 0.717) is 5.92 Å². The predicted molar refractivity (Wildman–Crippen MR) is 52.7 cm³/mol. The highest BCUT2D eigenvalue weighted by Crippen LogP contribution is 2.28. The van der Waals surface area contributed by atoms with Gasteiger partial charge in [0.2, 0.25) is 0 Å². The van der Waals surface area contributed by atoms with Gasteiger partial charge in [0.1, 0.15) is 0 Å². The van der Waals surface area contributed by atoms with E-state index in [1.807, 2.05) is 13.8 Å². The van der Waals surface area contributed by atoms with E-state index in [4.69, 9.17) is 5.73 Å². The standard InChI is InChI=1S/C8H12N2O2S/c1-5(2)8(9)6-3-7(10(11)12)13-4-6/h3-5,8H,9H2,1-2H3/t8-/m1/s1. The zero-order valence-corrected chi connectivity index (χ0v) is 8.38. The van der Waals surface area contributed by atoms with E-state index >= 15 is 0 Å². The fraction of sp³-hybridized carbons (Fsp3) is 0.500. The van der Waals surface area contributed by atoms with Gasteiger partial charge in [0.05, 0.1) is 4.92 Å². The van der Waals surface area contributed by atoms with Crippen LogP contribution in [0.25, 0.3) is 0 Å². The predicted octanol–water partition coefficient (Wildman–Crippen LogP) is 2.31. The van der Waals surface area contributed by atoms with Gasteiger partial charge >= 0.3 is 5.00 Å². The molecule has 0 aliphatic carbocycles. The molecule has 0 aliphatic rings. The molecule has 13 heavy (non-hydrogen) atoms. The first-order chi connectivity index (χ1) is 6.02. The lowest BCUT2D eigenvalue weighted by molar-refractivity contribution is -0.380. The lowest BCUT2D eigenvalue weighted by Crippen LogP contribution is -2.15. The summed E-state index contributed by atoms with van der Waals surface area (Å²) in [6.07, 6.45) is 0. The van der Waals surface area contributed by atoms with Crippen LogP contribution in [0.2, 0.25) is 0 Å². The highest BCUT2D eigenvalue weighted by molar-refractivity contribution is 7.13. The molecule has 0 aromatic carbocycles. The first-order valence-corrected chi connectivity index (χ1v) is 4.88. The van der Waals surface area contributed by atoms with E-state index in [2.05, 4.69) is 0 Å². The molecule has 4 nitrogen and oxygen atoms in total. The van der Waals surface area contributed by atoms with Crippen molar-refractivity contribution in [2.24, 2.45) is 11.7 Å². The van der Waals surface area contributed by atoms with Crippen LogP contribution in [-0.4, -0.2) is 4.92 Å². The largest absolute Gasteiger partial charge is 0.324 e.